The predicted molar refractivity (Wildman–Crippen MR) is 133 cm³/mol. The minimum absolute atomic E-state index is 1.16. The third-order valence-electron chi connectivity index (χ3n) is 6.10. The molecule has 0 unspecified atom stereocenters. The Bertz CT molecular complexity index is 821. The third-order valence-corrected chi connectivity index (χ3v) is 6.10. The fraction of sp³-hybridized carbons (Fsp3) is 0.400. The maximum Gasteiger partial charge on any atom is -0.0113 e. The molecule has 0 fully saturated rings. The van der Waals surface area contributed by atoms with Gasteiger partial charge in [0.1, 0.15) is 0 Å². The molecule has 0 aliphatic heterocycles. The Balaban J connectivity index is 2.31. The average Bonchev–Trinajstić information content (AvgIpc) is 2.80. The Morgan fingerprint density at radius 3 is 1.30 bits per heavy atom. The van der Waals surface area contributed by atoms with Gasteiger partial charge in [-0.3, -0.25) is 0 Å². The Kier molecular flexibility index (Phi) is 8.75. The van der Waals surface area contributed by atoms with Crippen molar-refractivity contribution in [1.29, 1.82) is 0 Å². The molecule has 3 aromatic rings. The first kappa shape index (κ1) is 22.3. The zero-order chi connectivity index (χ0) is 21.2. The van der Waals surface area contributed by atoms with E-state index in [0.717, 1.165) is 6.42 Å². The van der Waals surface area contributed by atoms with Crippen molar-refractivity contribution in [3.05, 3.63) is 83.4 Å². The van der Waals surface area contributed by atoms with Crippen LogP contribution in [-0.2, 0) is 19.3 Å². The van der Waals surface area contributed by atoms with Crippen molar-refractivity contribution in [2.75, 3.05) is 0 Å². The van der Waals surface area contributed by atoms with Gasteiger partial charge in [-0.1, -0.05) is 107 Å². The van der Waals surface area contributed by atoms with Crippen LogP contribution in [0.15, 0.2) is 66.7 Å². The van der Waals surface area contributed by atoms with Crippen molar-refractivity contribution in [3.8, 4) is 22.3 Å². The van der Waals surface area contributed by atoms with Crippen LogP contribution in [0.2, 0.25) is 0 Å². The zero-order valence-electron chi connectivity index (χ0n) is 19.2. The summed E-state index contributed by atoms with van der Waals surface area (Å²) in [5, 5.41) is 0. The number of unbranched alkanes of at least 4 members (excludes halogenated alkanes) is 3. The van der Waals surface area contributed by atoms with E-state index >= 15 is 0 Å². The summed E-state index contributed by atoms with van der Waals surface area (Å²) in [6.45, 7) is 6.91. The molecule has 0 nitrogen and oxygen atoms in total. The quantitative estimate of drug-likeness (QED) is 0.302. The van der Waals surface area contributed by atoms with E-state index in [1.165, 1.54) is 73.6 Å². The predicted octanol–water partition coefficient (Wildman–Crippen LogP) is 9.05. The van der Waals surface area contributed by atoms with E-state index in [2.05, 4.69) is 87.5 Å². The molecule has 0 heterocycles. The van der Waals surface area contributed by atoms with Gasteiger partial charge in [0, 0.05) is 0 Å². The molecule has 0 saturated carbocycles. The first-order valence-corrected chi connectivity index (χ1v) is 12.1. The van der Waals surface area contributed by atoms with Crippen LogP contribution in [-0.4, -0.2) is 0 Å². The van der Waals surface area contributed by atoms with Gasteiger partial charge in [-0.25, -0.2) is 0 Å². The minimum Gasteiger partial charge on any atom is -0.0654 e. The van der Waals surface area contributed by atoms with E-state index in [4.69, 9.17) is 0 Å². The molecule has 0 bridgehead atoms. The van der Waals surface area contributed by atoms with Crippen molar-refractivity contribution < 1.29 is 0 Å². The smallest absolute Gasteiger partial charge is 0.0113 e. The van der Waals surface area contributed by atoms with Crippen molar-refractivity contribution in [2.45, 2.75) is 78.6 Å². The Morgan fingerprint density at radius 1 is 0.500 bits per heavy atom. The zero-order valence-corrected chi connectivity index (χ0v) is 19.2. The van der Waals surface area contributed by atoms with Crippen LogP contribution >= 0.6 is 0 Å². The number of benzene rings is 3. The van der Waals surface area contributed by atoms with E-state index in [0.29, 0.717) is 0 Å². The molecule has 158 valence electrons. The van der Waals surface area contributed by atoms with Crippen LogP contribution in [0.5, 0.6) is 0 Å². The lowest BCUT2D eigenvalue weighted by molar-refractivity contribution is 0.769. The molecule has 0 aliphatic carbocycles. The molecule has 0 aliphatic rings. The van der Waals surface area contributed by atoms with Crippen molar-refractivity contribution in [3.63, 3.8) is 0 Å². The standard InChI is InChI=1S/C30H38/c1-4-7-16-26-23-27(17-8-5-2)30(25-20-14-11-15-21-25)28(22-9-6-3)29(26)24-18-12-10-13-19-24/h10-15,18-21,23H,4-9,16-17,22H2,1-3H3. The van der Waals surface area contributed by atoms with E-state index in [1.54, 1.807) is 16.7 Å². The summed E-state index contributed by atoms with van der Waals surface area (Å²) in [5.74, 6) is 0. The van der Waals surface area contributed by atoms with E-state index < -0.39 is 0 Å². The largest absolute Gasteiger partial charge is 0.0654 e. The summed E-state index contributed by atoms with van der Waals surface area (Å²) in [4.78, 5) is 0. The van der Waals surface area contributed by atoms with Crippen LogP contribution in [0.3, 0.4) is 0 Å². The summed E-state index contributed by atoms with van der Waals surface area (Å²) in [7, 11) is 0. The van der Waals surface area contributed by atoms with E-state index in [-0.39, 0.29) is 0 Å². The highest BCUT2D eigenvalue weighted by Crippen LogP contribution is 2.40. The summed E-state index contributed by atoms with van der Waals surface area (Å²) in [5.41, 5.74) is 10.5. The first-order chi connectivity index (χ1) is 14.8. The topological polar surface area (TPSA) is 0 Å². The molecule has 0 N–H and O–H groups in total. The van der Waals surface area contributed by atoms with Crippen LogP contribution in [0, 0.1) is 0 Å². The number of hydrogen-bond donors (Lipinski definition) is 0. The van der Waals surface area contributed by atoms with Crippen molar-refractivity contribution >= 4 is 0 Å². The third kappa shape index (κ3) is 5.42. The van der Waals surface area contributed by atoms with Gasteiger partial charge in [0.25, 0.3) is 0 Å². The van der Waals surface area contributed by atoms with Gasteiger partial charge in [0.05, 0.1) is 0 Å². The fourth-order valence-corrected chi connectivity index (χ4v) is 4.53. The van der Waals surface area contributed by atoms with Crippen LogP contribution in [0.1, 0.15) is 76.0 Å². The van der Waals surface area contributed by atoms with Gasteiger partial charge < -0.3 is 0 Å². The maximum absolute atomic E-state index is 2.56. The summed E-state index contributed by atoms with van der Waals surface area (Å²) in [6, 6.07) is 24.8. The van der Waals surface area contributed by atoms with Gasteiger partial charge in [-0.15, -0.1) is 0 Å². The van der Waals surface area contributed by atoms with Crippen molar-refractivity contribution in [1.82, 2.24) is 0 Å². The normalized spacial score (nSPS) is 11.0. The monoisotopic (exact) mass is 398 g/mol. The summed E-state index contributed by atoms with van der Waals surface area (Å²) >= 11 is 0. The highest BCUT2D eigenvalue weighted by atomic mass is 14.2. The molecule has 0 heteroatoms. The Hall–Kier alpha value is -2.34. The van der Waals surface area contributed by atoms with Crippen LogP contribution in [0.4, 0.5) is 0 Å². The molecule has 0 saturated heterocycles. The van der Waals surface area contributed by atoms with Gasteiger partial charge >= 0.3 is 0 Å². The molecule has 0 aromatic heterocycles. The Labute approximate surface area is 184 Å². The highest BCUT2D eigenvalue weighted by Gasteiger charge is 2.19. The molecule has 0 spiro atoms. The lowest BCUT2D eigenvalue weighted by atomic mass is 9.80. The van der Waals surface area contributed by atoms with Crippen LogP contribution in [0.25, 0.3) is 22.3 Å². The van der Waals surface area contributed by atoms with Crippen molar-refractivity contribution in [2.24, 2.45) is 0 Å². The summed E-state index contributed by atoms with van der Waals surface area (Å²) in [6.07, 6.45) is 11.0. The number of rotatable bonds is 11. The molecule has 0 radical (unpaired) electrons. The molecular formula is C30H38. The first-order valence-electron chi connectivity index (χ1n) is 12.1. The minimum atomic E-state index is 1.16. The molecule has 0 atom stereocenters. The maximum atomic E-state index is 2.56. The van der Waals surface area contributed by atoms with Gasteiger partial charge in [-0.05, 0) is 77.5 Å². The van der Waals surface area contributed by atoms with Crippen LogP contribution < -0.4 is 0 Å². The van der Waals surface area contributed by atoms with Gasteiger partial charge in [0.15, 0.2) is 0 Å². The second-order valence-corrected chi connectivity index (χ2v) is 8.47. The number of hydrogen-bond acceptors (Lipinski definition) is 0. The molecule has 3 rings (SSSR count). The molecular weight excluding hydrogens is 360 g/mol. The summed E-state index contributed by atoms with van der Waals surface area (Å²) < 4.78 is 0. The highest BCUT2D eigenvalue weighted by molar-refractivity contribution is 5.83. The van der Waals surface area contributed by atoms with Gasteiger partial charge in [-0.2, -0.15) is 0 Å². The molecule has 3 aromatic carbocycles. The lowest BCUT2D eigenvalue weighted by Gasteiger charge is -2.24. The molecule has 30 heavy (non-hydrogen) atoms. The fourth-order valence-electron chi connectivity index (χ4n) is 4.53. The average molecular weight is 399 g/mol. The molecule has 0 amide bonds. The second-order valence-electron chi connectivity index (χ2n) is 8.47. The second kappa shape index (κ2) is 11.7. The van der Waals surface area contributed by atoms with Gasteiger partial charge in [0.2, 0.25) is 0 Å². The number of aryl methyl sites for hydroxylation is 2. The van der Waals surface area contributed by atoms with E-state index in [1.807, 2.05) is 0 Å². The lowest BCUT2D eigenvalue weighted by Crippen LogP contribution is -2.05. The SMILES string of the molecule is CCCCc1cc(CCCC)c(-c2ccccc2)c(CCCC)c1-c1ccccc1. The Morgan fingerprint density at radius 2 is 0.900 bits per heavy atom. The van der Waals surface area contributed by atoms with E-state index in [9.17, 15) is 0 Å².